The Morgan fingerprint density at radius 3 is 2.43 bits per heavy atom. The van der Waals surface area contributed by atoms with Gasteiger partial charge in [0, 0.05) is 5.92 Å². The molecule has 3 rings (SSSR count). The molecule has 3 nitrogen and oxygen atoms in total. The number of nitrogens with zero attached hydrogens (tertiary/aromatic N) is 1. The van der Waals surface area contributed by atoms with Crippen LogP contribution in [-0.2, 0) is 10.9 Å². The zero-order valence-electron chi connectivity index (χ0n) is 12.0. The second-order valence-corrected chi connectivity index (χ2v) is 5.78. The average Bonchev–Trinajstić information content (AvgIpc) is 2.89. The van der Waals surface area contributed by atoms with E-state index in [2.05, 4.69) is 16.9 Å². The maximum absolute atomic E-state index is 12.7. The van der Waals surface area contributed by atoms with E-state index in [0.717, 1.165) is 12.1 Å². The van der Waals surface area contributed by atoms with E-state index >= 15 is 0 Å². The van der Waals surface area contributed by atoms with Crippen LogP contribution in [0.25, 0.3) is 11.0 Å². The van der Waals surface area contributed by atoms with Gasteiger partial charge < -0.3 is 9.72 Å². The summed E-state index contributed by atoms with van der Waals surface area (Å²) in [7, 11) is 0. The van der Waals surface area contributed by atoms with Crippen molar-refractivity contribution in [2.24, 2.45) is 5.92 Å². The molecule has 2 aromatic rings. The zero-order valence-corrected chi connectivity index (χ0v) is 12.0. The van der Waals surface area contributed by atoms with Crippen LogP contribution in [0.1, 0.15) is 38.1 Å². The van der Waals surface area contributed by atoms with Crippen molar-refractivity contribution in [3.8, 4) is 0 Å². The van der Waals surface area contributed by atoms with Crippen molar-refractivity contribution in [1.82, 2.24) is 9.97 Å². The molecule has 0 saturated carbocycles. The molecule has 2 heterocycles. The van der Waals surface area contributed by atoms with Crippen LogP contribution < -0.4 is 0 Å². The second-order valence-electron chi connectivity index (χ2n) is 5.78. The summed E-state index contributed by atoms with van der Waals surface area (Å²) in [5, 5.41) is 0. The van der Waals surface area contributed by atoms with Gasteiger partial charge in [0.25, 0.3) is 0 Å². The average molecular weight is 298 g/mol. The van der Waals surface area contributed by atoms with E-state index in [-0.39, 0.29) is 24.0 Å². The lowest BCUT2D eigenvalue weighted by Gasteiger charge is -2.15. The summed E-state index contributed by atoms with van der Waals surface area (Å²) >= 11 is 0. The first-order valence-corrected chi connectivity index (χ1v) is 6.99. The molecule has 0 spiro atoms. The maximum Gasteiger partial charge on any atom is 0.416 e. The number of ether oxygens (including phenoxy) is 1. The van der Waals surface area contributed by atoms with Crippen LogP contribution in [0.15, 0.2) is 18.2 Å². The number of hydrogen-bond acceptors (Lipinski definition) is 2. The molecule has 6 heteroatoms. The fourth-order valence-electron chi connectivity index (χ4n) is 3.10. The largest absolute Gasteiger partial charge is 0.416 e. The predicted molar refractivity (Wildman–Crippen MR) is 73.0 cm³/mol. The van der Waals surface area contributed by atoms with Crippen molar-refractivity contribution >= 4 is 11.0 Å². The van der Waals surface area contributed by atoms with Gasteiger partial charge >= 0.3 is 6.18 Å². The number of rotatable bonds is 1. The Hall–Kier alpha value is -1.56. The van der Waals surface area contributed by atoms with Crippen LogP contribution in [0, 0.1) is 5.92 Å². The molecule has 1 N–H and O–H groups in total. The van der Waals surface area contributed by atoms with Gasteiger partial charge in [-0.15, -0.1) is 0 Å². The molecule has 0 bridgehead atoms. The highest BCUT2D eigenvalue weighted by Gasteiger charge is 2.40. The van der Waals surface area contributed by atoms with Gasteiger partial charge in [0.2, 0.25) is 0 Å². The lowest BCUT2D eigenvalue weighted by Crippen LogP contribution is -2.16. The molecular weight excluding hydrogens is 281 g/mol. The first-order chi connectivity index (χ1) is 9.77. The number of nitrogens with one attached hydrogen (secondary N) is 1. The molecule has 1 saturated heterocycles. The summed E-state index contributed by atoms with van der Waals surface area (Å²) in [6.45, 7) is 6.05. The van der Waals surface area contributed by atoms with Gasteiger partial charge in [-0.2, -0.15) is 13.2 Å². The molecule has 114 valence electrons. The number of halogens is 3. The molecule has 1 aromatic heterocycles. The fraction of sp³-hybridized carbons (Fsp3) is 0.533. The summed E-state index contributed by atoms with van der Waals surface area (Å²) in [6, 6.07) is 3.58. The number of imidazole rings is 1. The number of alkyl halides is 3. The molecule has 0 amide bonds. The van der Waals surface area contributed by atoms with E-state index in [4.69, 9.17) is 4.74 Å². The molecule has 0 radical (unpaired) electrons. The van der Waals surface area contributed by atoms with E-state index in [0.29, 0.717) is 16.9 Å². The number of hydrogen-bond donors (Lipinski definition) is 1. The van der Waals surface area contributed by atoms with Crippen molar-refractivity contribution in [3.63, 3.8) is 0 Å². The third-order valence-corrected chi connectivity index (χ3v) is 4.39. The Labute approximate surface area is 120 Å². The number of fused-ring (bicyclic) bond motifs is 1. The minimum atomic E-state index is -4.34. The van der Waals surface area contributed by atoms with E-state index in [1.54, 1.807) is 0 Å². The van der Waals surface area contributed by atoms with E-state index < -0.39 is 11.7 Å². The van der Waals surface area contributed by atoms with Crippen LogP contribution in [0.4, 0.5) is 13.2 Å². The van der Waals surface area contributed by atoms with Gasteiger partial charge in [-0.05, 0) is 38.0 Å². The minimum absolute atomic E-state index is 0.00218. The molecule has 21 heavy (non-hydrogen) atoms. The first-order valence-electron chi connectivity index (χ1n) is 6.99. The highest BCUT2D eigenvalue weighted by molar-refractivity contribution is 5.76. The summed E-state index contributed by atoms with van der Waals surface area (Å²) in [6.07, 6.45) is -4.23. The molecule has 4 unspecified atom stereocenters. The topological polar surface area (TPSA) is 37.9 Å². The second kappa shape index (κ2) is 4.73. The van der Waals surface area contributed by atoms with Crippen molar-refractivity contribution in [2.75, 3.05) is 0 Å². The number of aromatic nitrogens is 2. The van der Waals surface area contributed by atoms with Gasteiger partial charge in [0.15, 0.2) is 0 Å². The third kappa shape index (κ3) is 2.41. The molecule has 4 atom stereocenters. The Morgan fingerprint density at radius 2 is 1.86 bits per heavy atom. The number of benzene rings is 1. The minimum Gasteiger partial charge on any atom is -0.374 e. The number of H-pyrrole nitrogens is 1. The molecule has 1 aliphatic heterocycles. The van der Waals surface area contributed by atoms with Gasteiger partial charge in [0.1, 0.15) is 5.82 Å². The summed E-state index contributed by atoms with van der Waals surface area (Å²) < 4.78 is 44.0. The van der Waals surface area contributed by atoms with Crippen LogP contribution in [0.3, 0.4) is 0 Å². The van der Waals surface area contributed by atoms with Crippen LogP contribution in [0.2, 0.25) is 0 Å². The molecular formula is C15H17F3N2O. The standard InChI is InChI=1S/C15H17F3N2O/c1-7-8(2)21-9(3)13(7)14-19-11-5-4-10(15(16,17)18)6-12(11)20-14/h4-9,13H,1-3H3,(H,19,20). The molecule has 1 aromatic carbocycles. The lowest BCUT2D eigenvalue weighted by molar-refractivity contribution is -0.137. The highest BCUT2D eigenvalue weighted by Crippen LogP contribution is 2.39. The fourth-order valence-corrected chi connectivity index (χ4v) is 3.10. The van der Waals surface area contributed by atoms with Crippen molar-refractivity contribution < 1.29 is 17.9 Å². The van der Waals surface area contributed by atoms with E-state index in [1.807, 2.05) is 13.8 Å². The number of aromatic amines is 1. The lowest BCUT2D eigenvalue weighted by atomic mass is 9.89. The monoisotopic (exact) mass is 298 g/mol. The van der Waals surface area contributed by atoms with Crippen molar-refractivity contribution in [1.29, 1.82) is 0 Å². The smallest absolute Gasteiger partial charge is 0.374 e. The molecule has 1 fully saturated rings. The van der Waals surface area contributed by atoms with Gasteiger partial charge in [-0.1, -0.05) is 6.92 Å². The summed E-state index contributed by atoms with van der Waals surface area (Å²) in [5.41, 5.74) is 0.304. The van der Waals surface area contributed by atoms with Crippen LogP contribution in [-0.4, -0.2) is 22.2 Å². The van der Waals surface area contributed by atoms with Crippen molar-refractivity contribution in [3.05, 3.63) is 29.6 Å². The Morgan fingerprint density at radius 1 is 1.14 bits per heavy atom. The molecule has 1 aliphatic rings. The zero-order chi connectivity index (χ0) is 15.4. The Kier molecular flexibility index (Phi) is 3.24. The van der Waals surface area contributed by atoms with E-state index in [9.17, 15) is 13.2 Å². The highest BCUT2D eigenvalue weighted by atomic mass is 19.4. The summed E-state index contributed by atoms with van der Waals surface area (Å²) in [5.74, 6) is 1.04. The van der Waals surface area contributed by atoms with Gasteiger partial charge in [-0.25, -0.2) is 4.98 Å². The SMILES string of the molecule is CC1OC(C)C(c2nc3ccc(C(F)(F)F)cc3[nH]2)C1C. The Bertz CT molecular complexity index is 664. The van der Waals surface area contributed by atoms with Gasteiger partial charge in [0.05, 0.1) is 28.8 Å². The predicted octanol–water partition coefficient (Wildman–Crippen LogP) is 4.11. The third-order valence-electron chi connectivity index (χ3n) is 4.39. The Balaban J connectivity index is 2.02. The normalized spacial score (nSPS) is 30.2. The van der Waals surface area contributed by atoms with Crippen molar-refractivity contribution in [2.45, 2.75) is 45.1 Å². The quantitative estimate of drug-likeness (QED) is 0.860. The first kappa shape index (κ1) is 14.4. The maximum atomic E-state index is 12.7. The van der Waals surface area contributed by atoms with Crippen LogP contribution in [0.5, 0.6) is 0 Å². The van der Waals surface area contributed by atoms with Gasteiger partial charge in [-0.3, -0.25) is 0 Å². The van der Waals surface area contributed by atoms with E-state index in [1.165, 1.54) is 6.07 Å². The molecule has 0 aliphatic carbocycles. The summed E-state index contributed by atoms with van der Waals surface area (Å²) in [4.78, 5) is 7.49. The van der Waals surface area contributed by atoms with Crippen LogP contribution >= 0.6 is 0 Å².